The Morgan fingerprint density at radius 3 is 2.82 bits per heavy atom. The molecule has 1 unspecified atom stereocenters. The van der Waals surface area contributed by atoms with Gasteiger partial charge in [-0.3, -0.25) is 9.78 Å². The van der Waals surface area contributed by atoms with Gasteiger partial charge in [0.15, 0.2) is 11.6 Å². The second kappa shape index (κ2) is 9.03. The average Bonchev–Trinajstić information content (AvgIpc) is 3.32. The van der Waals surface area contributed by atoms with Crippen LogP contribution in [-0.4, -0.2) is 45.2 Å². The third kappa shape index (κ3) is 4.25. The van der Waals surface area contributed by atoms with E-state index in [4.69, 9.17) is 5.11 Å². The van der Waals surface area contributed by atoms with Gasteiger partial charge in [-0.05, 0) is 47.4 Å². The minimum absolute atomic E-state index is 0.0795. The van der Waals surface area contributed by atoms with Crippen molar-refractivity contribution in [1.29, 1.82) is 0 Å². The number of carboxylic acids is 1. The highest BCUT2D eigenvalue weighted by Crippen LogP contribution is 2.24. The van der Waals surface area contributed by atoms with E-state index in [0.717, 1.165) is 35.4 Å². The smallest absolute Gasteiger partial charge is 0.341 e. The lowest BCUT2D eigenvalue weighted by molar-refractivity contribution is 0.0695. The lowest BCUT2D eigenvalue weighted by atomic mass is 10.0. The lowest BCUT2D eigenvalue weighted by Crippen LogP contribution is -2.32. The molecule has 0 saturated carbocycles. The summed E-state index contributed by atoms with van der Waals surface area (Å²) in [7, 11) is 0. The lowest BCUT2D eigenvalue weighted by Gasteiger charge is -2.19. The zero-order valence-electron chi connectivity index (χ0n) is 18.2. The van der Waals surface area contributed by atoms with E-state index < -0.39 is 22.8 Å². The van der Waals surface area contributed by atoms with E-state index in [1.807, 2.05) is 23.1 Å². The van der Waals surface area contributed by atoms with Gasteiger partial charge in [0, 0.05) is 44.3 Å². The molecule has 0 aliphatic carbocycles. The van der Waals surface area contributed by atoms with Gasteiger partial charge in [0.05, 0.1) is 5.39 Å². The third-order valence-corrected chi connectivity index (χ3v) is 6.05. The van der Waals surface area contributed by atoms with Crippen molar-refractivity contribution in [3.05, 3.63) is 88.2 Å². The van der Waals surface area contributed by atoms with E-state index in [2.05, 4.69) is 38.5 Å². The molecule has 1 aliphatic rings. The predicted molar refractivity (Wildman–Crippen MR) is 126 cm³/mol. The summed E-state index contributed by atoms with van der Waals surface area (Å²) in [5, 5.41) is 12.6. The van der Waals surface area contributed by atoms with Gasteiger partial charge in [-0.2, -0.15) is 0 Å². The molecule has 0 amide bonds. The van der Waals surface area contributed by atoms with E-state index in [-0.39, 0.29) is 22.9 Å². The number of aromatic carboxylic acids is 1. The van der Waals surface area contributed by atoms with Gasteiger partial charge in [-0.25, -0.2) is 14.2 Å². The highest BCUT2D eigenvalue weighted by molar-refractivity contribution is 5.91. The van der Waals surface area contributed by atoms with E-state index in [9.17, 15) is 14.0 Å². The maximum atomic E-state index is 14.8. The van der Waals surface area contributed by atoms with Crippen molar-refractivity contribution in [2.45, 2.75) is 19.0 Å². The summed E-state index contributed by atoms with van der Waals surface area (Å²) >= 11 is 0. The quantitative estimate of drug-likeness (QED) is 0.406. The van der Waals surface area contributed by atoms with Gasteiger partial charge in [0.1, 0.15) is 11.2 Å². The molecule has 0 bridgehead atoms. The molecule has 8 nitrogen and oxygen atoms in total. The number of aromatic nitrogens is 3. The van der Waals surface area contributed by atoms with Gasteiger partial charge in [-0.1, -0.05) is 18.2 Å². The number of aromatic amines is 1. The number of anilines is 1. The molecule has 4 aromatic rings. The standard InChI is InChI=1S/C25H22FN5O3/c26-21-11-19-22(32)20(25(33)34)13-29-23(19)30-24(21)31-9-6-18(14-31)28-12-15-2-1-3-17(10-15)16-4-7-27-8-5-16/h1-5,7-8,10-11,13,18,28H,6,9,12,14H2,(H,33,34)(H,29,30,32). The number of carboxylic acid groups (broad SMARTS) is 1. The number of H-pyrrole nitrogens is 1. The highest BCUT2D eigenvalue weighted by atomic mass is 19.1. The van der Waals surface area contributed by atoms with Crippen LogP contribution in [0, 0.1) is 5.82 Å². The van der Waals surface area contributed by atoms with Crippen LogP contribution >= 0.6 is 0 Å². The van der Waals surface area contributed by atoms with Crippen molar-refractivity contribution in [1.82, 2.24) is 20.3 Å². The molecular weight excluding hydrogens is 437 g/mol. The maximum absolute atomic E-state index is 14.8. The topological polar surface area (TPSA) is 111 Å². The molecule has 0 spiro atoms. The van der Waals surface area contributed by atoms with Crippen LogP contribution in [0.2, 0.25) is 0 Å². The Hall–Kier alpha value is -4.11. The molecule has 1 saturated heterocycles. The van der Waals surface area contributed by atoms with Crippen molar-refractivity contribution < 1.29 is 14.3 Å². The minimum Gasteiger partial charge on any atom is -0.477 e. The molecule has 9 heteroatoms. The molecule has 1 fully saturated rings. The summed E-state index contributed by atoms with van der Waals surface area (Å²) in [5.41, 5.74) is 2.34. The summed E-state index contributed by atoms with van der Waals surface area (Å²) in [6.45, 7) is 1.86. The van der Waals surface area contributed by atoms with Crippen LogP contribution in [0.3, 0.4) is 0 Å². The molecule has 3 aromatic heterocycles. The third-order valence-electron chi connectivity index (χ3n) is 6.05. The van der Waals surface area contributed by atoms with Crippen LogP contribution < -0.4 is 15.6 Å². The van der Waals surface area contributed by atoms with Crippen LogP contribution in [0.4, 0.5) is 10.2 Å². The summed E-state index contributed by atoms with van der Waals surface area (Å²) in [5.74, 6) is -1.87. The predicted octanol–water partition coefficient (Wildman–Crippen LogP) is 3.19. The largest absolute Gasteiger partial charge is 0.477 e. The van der Waals surface area contributed by atoms with Gasteiger partial charge in [-0.15, -0.1) is 0 Å². The van der Waals surface area contributed by atoms with E-state index in [1.54, 1.807) is 12.4 Å². The summed E-state index contributed by atoms with van der Waals surface area (Å²) in [6.07, 6.45) is 5.45. The zero-order valence-corrected chi connectivity index (χ0v) is 18.2. The minimum atomic E-state index is -1.37. The average molecular weight is 459 g/mol. The van der Waals surface area contributed by atoms with Crippen molar-refractivity contribution in [2.24, 2.45) is 0 Å². The molecule has 0 radical (unpaired) electrons. The number of carbonyl (C=O) groups is 1. The van der Waals surface area contributed by atoms with Gasteiger partial charge in [0.2, 0.25) is 5.43 Å². The summed E-state index contributed by atoms with van der Waals surface area (Å²) < 4.78 is 14.8. The Labute approximate surface area is 194 Å². The molecule has 1 atom stereocenters. The molecule has 1 aliphatic heterocycles. The number of pyridine rings is 3. The second-order valence-electron chi connectivity index (χ2n) is 8.28. The number of nitrogens with one attached hydrogen (secondary N) is 2. The van der Waals surface area contributed by atoms with Crippen molar-refractivity contribution >= 4 is 22.8 Å². The number of hydrogen-bond acceptors (Lipinski definition) is 6. The molecular formula is C25H22FN5O3. The second-order valence-corrected chi connectivity index (χ2v) is 8.28. The number of fused-ring (bicyclic) bond motifs is 1. The normalized spacial score (nSPS) is 15.7. The molecule has 172 valence electrons. The summed E-state index contributed by atoms with van der Waals surface area (Å²) in [4.78, 5) is 36.4. The fourth-order valence-corrected chi connectivity index (χ4v) is 4.28. The Kier molecular flexibility index (Phi) is 5.77. The number of rotatable bonds is 6. The van der Waals surface area contributed by atoms with Crippen molar-refractivity contribution in [3.8, 4) is 11.1 Å². The fraction of sp³-hybridized carbons (Fsp3) is 0.200. The van der Waals surface area contributed by atoms with Gasteiger partial charge < -0.3 is 20.3 Å². The Balaban J connectivity index is 1.28. The molecule has 1 aromatic carbocycles. The molecule has 34 heavy (non-hydrogen) atoms. The fourth-order valence-electron chi connectivity index (χ4n) is 4.28. The van der Waals surface area contributed by atoms with E-state index in [1.165, 1.54) is 0 Å². The monoisotopic (exact) mass is 459 g/mol. The van der Waals surface area contributed by atoms with Crippen LogP contribution in [0.25, 0.3) is 22.2 Å². The Morgan fingerprint density at radius 1 is 1.21 bits per heavy atom. The number of nitrogens with zero attached hydrogens (tertiary/aromatic N) is 3. The first kappa shape index (κ1) is 21.7. The van der Waals surface area contributed by atoms with E-state index >= 15 is 0 Å². The zero-order chi connectivity index (χ0) is 23.7. The highest BCUT2D eigenvalue weighted by Gasteiger charge is 2.26. The first-order valence-electron chi connectivity index (χ1n) is 10.9. The number of hydrogen-bond donors (Lipinski definition) is 3. The molecule has 4 heterocycles. The van der Waals surface area contributed by atoms with Crippen molar-refractivity contribution in [3.63, 3.8) is 0 Å². The summed E-state index contributed by atoms with van der Waals surface area (Å²) in [6, 6.07) is 13.5. The number of halogens is 1. The Bertz CT molecular complexity index is 1420. The van der Waals surface area contributed by atoms with E-state index in [0.29, 0.717) is 19.6 Å². The maximum Gasteiger partial charge on any atom is 0.341 e. The molecule has 5 rings (SSSR count). The first-order chi connectivity index (χ1) is 16.5. The molecule has 3 N–H and O–H groups in total. The van der Waals surface area contributed by atoms with Crippen molar-refractivity contribution in [2.75, 3.05) is 18.0 Å². The van der Waals surface area contributed by atoms with Crippen LogP contribution in [0.5, 0.6) is 0 Å². The van der Waals surface area contributed by atoms with Crippen LogP contribution in [0.1, 0.15) is 22.3 Å². The van der Waals surface area contributed by atoms with Gasteiger partial charge >= 0.3 is 5.97 Å². The first-order valence-corrected chi connectivity index (χ1v) is 10.9. The SMILES string of the molecule is O=C(O)c1c[nH]c2nc(N3CCC(NCc4cccc(-c5ccncc5)c4)C3)c(F)cc2c1=O. The van der Waals surface area contributed by atoms with Crippen LogP contribution in [-0.2, 0) is 6.54 Å². The van der Waals surface area contributed by atoms with Crippen LogP contribution in [0.15, 0.2) is 65.8 Å². The number of benzene rings is 1. The van der Waals surface area contributed by atoms with Gasteiger partial charge in [0.25, 0.3) is 0 Å². The Morgan fingerprint density at radius 2 is 2.03 bits per heavy atom.